The largest absolute Gasteiger partial charge is 0.453 e. The number of benzene rings is 1. The number of carbonyl (C=O) groups excluding carboxylic acids is 1. The van der Waals surface area contributed by atoms with Crippen molar-refractivity contribution in [2.24, 2.45) is 0 Å². The van der Waals surface area contributed by atoms with E-state index in [1.807, 2.05) is 0 Å². The molecule has 1 aromatic carbocycles. The van der Waals surface area contributed by atoms with Gasteiger partial charge in [0.25, 0.3) is 0 Å². The third-order valence-electron chi connectivity index (χ3n) is 4.47. The second-order valence-electron chi connectivity index (χ2n) is 5.65. The molecule has 118 valence electrons. The van der Waals surface area contributed by atoms with Crippen LogP contribution in [0.2, 0.25) is 0 Å². The second kappa shape index (κ2) is 6.18. The van der Waals surface area contributed by atoms with Crippen molar-refractivity contribution in [2.75, 3.05) is 19.9 Å². The van der Waals surface area contributed by atoms with Crippen molar-refractivity contribution in [3.63, 3.8) is 0 Å². The molecule has 0 aromatic heterocycles. The topological polar surface area (TPSA) is 86.4 Å². The Hall–Kier alpha value is -2.73. The van der Waals surface area contributed by atoms with Crippen LogP contribution in [-0.2, 0) is 30.5 Å². The zero-order valence-electron chi connectivity index (χ0n) is 13.0. The first-order chi connectivity index (χ1) is 11.2. The minimum atomic E-state index is 0.0431. The van der Waals surface area contributed by atoms with Gasteiger partial charge in [-0.15, -0.1) is 0 Å². The van der Waals surface area contributed by atoms with Crippen molar-refractivity contribution in [3.05, 3.63) is 22.3 Å². The summed E-state index contributed by atoms with van der Waals surface area (Å²) in [5, 5.41) is 18.3. The average molecular weight is 311 g/mol. The molecule has 0 bridgehead atoms. The van der Waals surface area contributed by atoms with Gasteiger partial charge in [-0.2, -0.15) is 10.5 Å². The highest BCUT2D eigenvalue weighted by Gasteiger charge is 2.30. The van der Waals surface area contributed by atoms with Crippen LogP contribution < -0.4 is 9.47 Å². The molecule has 2 aliphatic heterocycles. The summed E-state index contributed by atoms with van der Waals surface area (Å²) in [6, 6.07) is 4.38. The molecule has 0 radical (unpaired) electrons. The molecule has 1 aromatic rings. The smallest absolute Gasteiger partial charge is 0.231 e. The normalized spacial score (nSPS) is 15.3. The van der Waals surface area contributed by atoms with Gasteiger partial charge in [0.2, 0.25) is 12.7 Å². The van der Waals surface area contributed by atoms with Gasteiger partial charge in [0.1, 0.15) is 0 Å². The number of hydrogen-bond donors (Lipinski definition) is 0. The van der Waals surface area contributed by atoms with E-state index in [0.717, 1.165) is 22.3 Å². The van der Waals surface area contributed by atoms with E-state index in [2.05, 4.69) is 12.1 Å². The Balaban J connectivity index is 2.16. The monoisotopic (exact) mass is 311 g/mol. The Morgan fingerprint density at radius 1 is 1.04 bits per heavy atom. The molecule has 0 saturated carbocycles. The number of nitrogens with zero attached hydrogens (tertiary/aromatic N) is 3. The van der Waals surface area contributed by atoms with E-state index >= 15 is 0 Å². The first-order valence-electron chi connectivity index (χ1n) is 7.61. The minimum absolute atomic E-state index is 0.0431. The summed E-state index contributed by atoms with van der Waals surface area (Å²) in [4.78, 5) is 13.5. The molecule has 0 N–H and O–H groups in total. The fourth-order valence-electron chi connectivity index (χ4n) is 3.42. The number of ether oxygens (including phenoxy) is 2. The van der Waals surface area contributed by atoms with E-state index in [9.17, 15) is 15.3 Å². The summed E-state index contributed by atoms with van der Waals surface area (Å²) in [7, 11) is 0. The lowest BCUT2D eigenvalue weighted by Gasteiger charge is -2.17. The minimum Gasteiger partial charge on any atom is -0.453 e. The highest BCUT2D eigenvalue weighted by atomic mass is 16.7. The molecule has 0 unspecified atom stereocenters. The number of amides is 1. The van der Waals surface area contributed by atoms with Gasteiger partial charge in [-0.1, -0.05) is 0 Å². The predicted octanol–water partition coefficient (Wildman–Crippen LogP) is 1.49. The standard InChI is InChI=1S/C17H17N3O3/c1-11(21)20-8-4-12-13(5-9-20)15(3-7-19)17-16(22-10-23-17)14(12)2-6-18/h2-5,8-10H2,1H3. The fourth-order valence-corrected chi connectivity index (χ4v) is 3.42. The van der Waals surface area contributed by atoms with Crippen LogP contribution >= 0.6 is 0 Å². The zero-order valence-corrected chi connectivity index (χ0v) is 13.0. The first kappa shape index (κ1) is 15.2. The molecule has 23 heavy (non-hydrogen) atoms. The molecule has 6 nitrogen and oxygen atoms in total. The Morgan fingerprint density at radius 3 is 1.91 bits per heavy atom. The lowest BCUT2D eigenvalue weighted by Crippen LogP contribution is -2.31. The van der Waals surface area contributed by atoms with Gasteiger partial charge in [0.15, 0.2) is 11.5 Å². The third kappa shape index (κ3) is 2.57. The van der Waals surface area contributed by atoms with Crippen molar-refractivity contribution >= 4 is 5.91 Å². The summed E-state index contributed by atoms with van der Waals surface area (Å²) in [6.45, 7) is 2.92. The van der Waals surface area contributed by atoms with E-state index in [1.54, 1.807) is 11.8 Å². The van der Waals surface area contributed by atoms with Gasteiger partial charge in [-0.05, 0) is 24.0 Å². The molecule has 0 fully saturated rings. The Labute approximate surface area is 134 Å². The summed E-state index contributed by atoms with van der Waals surface area (Å²) >= 11 is 0. The lowest BCUT2D eigenvalue weighted by atomic mass is 9.88. The molecule has 0 saturated heterocycles. The van der Waals surface area contributed by atoms with Gasteiger partial charge in [-0.3, -0.25) is 4.79 Å². The Bertz CT molecular complexity index is 688. The van der Waals surface area contributed by atoms with Crippen molar-refractivity contribution in [2.45, 2.75) is 32.6 Å². The number of rotatable bonds is 2. The van der Waals surface area contributed by atoms with Gasteiger partial charge in [0, 0.05) is 31.1 Å². The molecular weight excluding hydrogens is 294 g/mol. The summed E-state index contributed by atoms with van der Waals surface area (Å²) < 4.78 is 11.2. The summed E-state index contributed by atoms with van der Waals surface area (Å²) in [5.41, 5.74) is 3.79. The van der Waals surface area contributed by atoms with Crippen LogP contribution in [0.15, 0.2) is 0 Å². The van der Waals surface area contributed by atoms with Crippen LogP contribution in [0.1, 0.15) is 29.2 Å². The summed E-state index contributed by atoms with van der Waals surface area (Å²) in [6.07, 6.45) is 1.81. The SMILES string of the molecule is CC(=O)N1CCc2c(c(CC#N)c3c(c2CC#N)OCO3)CC1. The maximum atomic E-state index is 11.7. The Morgan fingerprint density at radius 2 is 1.52 bits per heavy atom. The van der Waals surface area contributed by atoms with Crippen LogP contribution in [-0.4, -0.2) is 30.7 Å². The van der Waals surface area contributed by atoms with Gasteiger partial charge in [-0.25, -0.2) is 0 Å². The van der Waals surface area contributed by atoms with E-state index in [-0.39, 0.29) is 25.5 Å². The molecule has 0 atom stereocenters. The molecule has 2 heterocycles. The lowest BCUT2D eigenvalue weighted by molar-refractivity contribution is -0.128. The number of nitriles is 2. The van der Waals surface area contributed by atoms with Crippen molar-refractivity contribution in [1.29, 1.82) is 10.5 Å². The van der Waals surface area contributed by atoms with Crippen molar-refractivity contribution < 1.29 is 14.3 Å². The van der Waals surface area contributed by atoms with Crippen LogP contribution in [0.5, 0.6) is 11.5 Å². The van der Waals surface area contributed by atoms with Crippen molar-refractivity contribution in [3.8, 4) is 23.6 Å². The molecule has 0 spiro atoms. The summed E-state index contributed by atoms with van der Waals surface area (Å²) in [5.74, 6) is 1.25. The average Bonchev–Trinajstić information content (AvgIpc) is 2.89. The zero-order chi connectivity index (χ0) is 16.4. The van der Waals surface area contributed by atoms with Gasteiger partial charge >= 0.3 is 0 Å². The first-order valence-corrected chi connectivity index (χ1v) is 7.61. The molecule has 1 amide bonds. The fraction of sp³-hybridized carbons (Fsp3) is 0.471. The molecule has 6 heteroatoms. The Kier molecular flexibility index (Phi) is 4.08. The molecule has 2 aliphatic rings. The van der Waals surface area contributed by atoms with Gasteiger partial charge in [0.05, 0.1) is 25.0 Å². The molecule has 0 aliphatic carbocycles. The maximum absolute atomic E-state index is 11.7. The van der Waals surface area contributed by atoms with Gasteiger partial charge < -0.3 is 14.4 Å². The van der Waals surface area contributed by atoms with Crippen molar-refractivity contribution in [1.82, 2.24) is 4.90 Å². The van der Waals surface area contributed by atoms with E-state index in [1.165, 1.54) is 0 Å². The number of hydrogen-bond acceptors (Lipinski definition) is 5. The van der Waals surface area contributed by atoms with E-state index in [0.29, 0.717) is 37.4 Å². The second-order valence-corrected chi connectivity index (χ2v) is 5.65. The van der Waals surface area contributed by atoms with Crippen LogP contribution in [0.3, 0.4) is 0 Å². The van der Waals surface area contributed by atoms with Crippen LogP contribution in [0.25, 0.3) is 0 Å². The highest BCUT2D eigenvalue weighted by Crippen LogP contribution is 2.45. The van der Waals surface area contributed by atoms with E-state index < -0.39 is 0 Å². The highest BCUT2D eigenvalue weighted by molar-refractivity contribution is 5.73. The number of carbonyl (C=O) groups is 1. The third-order valence-corrected chi connectivity index (χ3v) is 4.47. The maximum Gasteiger partial charge on any atom is 0.231 e. The van der Waals surface area contributed by atoms with Crippen LogP contribution in [0.4, 0.5) is 0 Å². The number of fused-ring (bicyclic) bond motifs is 2. The quantitative estimate of drug-likeness (QED) is 0.826. The molecular formula is C17H17N3O3. The van der Waals surface area contributed by atoms with E-state index in [4.69, 9.17) is 9.47 Å². The van der Waals surface area contributed by atoms with Crippen LogP contribution in [0, 0.1) is 22.7 Å². The predicted molar refractivity (Wildman–Crippen MR) is 80.9 cm³/mol. The molecule has 3 rings (SSSR count).